The number of aliphatic hydroxyl groups excluding tert-OH is 1. The number of nitrogens with one attached hydrogen (secondary N) is 1. The zero-order valence-corrected chi connectivity index (χ0v) is 14.6. The Kier molecular flexibility index (Phi) is 5.07. The fourth-order valence-electron chi connectivity index (χ4n) is 2.86. The highest BCUT2D eigenvalue weighted by atomic mass is 127. The molecule has 3 rings (SSSR count). The Morgan fingerprint density at radius 2 is 1.91 bits per heavy atom. The van der Waals surface area contributed by atoms with Gasteiger partial charge in [0.25, 0.3) is 0 Å². The Labute approximate surface area is 147 Å². The van der Waals surface area contributed by atoms with Gasteiger partial charge in [0.15, 0.2) is 0 Å². The highest BCUT2D eigenvalue weighted by molar-refractivity contribution is 14.1. The number of hydrogen-bond acceptors (Lipinski definition) is 6. The van der Waals surface area contributed by atoms with Gasteiger partial charge < -0.3 is 30.1 Å². The molecule has 0 spiro atoms. The summed E-state index contributed by atoms with van der Waals surface area (Å²) in [7, 11) is 0. The first-order valence-corrected chi connectivity index (χ1v) is 8.53. The summed E-state index contributed by atoms with van der Waals surface area (Å²) in [6.07, 6.45) is -1.86. The Morgan fingerprint density at radius 3 is 2.57 bits per heavy atom. The summed E-state index contributed by atoms with van der Waals surface area (Å²) in [4.78, 5) is 19.6. The van der Waals surface area contributed by atoms with E-state index < -0.39 is 18.2 Å². The van der Waals surface area contributed by atoms with Gasteiger partial charge in [-0.15, -0.1) is 0 Å². The van der Waals surface area contributed by atoms with E-state index in [0.717, 1.165) is 28.3 Å². The van der Waals surface area contributed by atoms with Crippen LogP contribution in [0.25, 0.3) is 0 Å². The molecule has 2 aliphatic heterocycles. The molecule has 0 aromatic carbocycles. The number of ether oxygens (including phenoxy) is 1. The molecule has 2 atom stereocenters. The number of rotatable bonds is 3. The molecule has 2 fully saturated rings. The molecule has 0 bridgehead atoms. The number of β-amino-alcohol motifs (C(OH)–C–C–N with tert-alkyl or cyclic N) is 1. The van der Waals surface area contributed by atoms with Crippen molar-refractivity contribution in [3.8, 4) is 0 Å². The van der Waals surface area contributed by atoms with Gasteiger partial charge in [0.2, 0.25) is 0 Å². The maximum Gasteiger partial charge on any atom is 0.405 e. The minimum Gasteiger partial charge on any atom is -0.465 e. The molecule has 3 N–H and O–H groups in total. The van der Waals surface area contributed by atoms with E-state index in [4.69, 9.17) is 14.8 Å². The smallest absolute Gasteiger partial charge is 0.405 e. The maximum atomic E-state index is 10.8. The van der Waals surface area contributed by atoms with Crippen molar-refractivity contribution in [2.45, 2.75) is 12.1 Å². The number of morpholine rings is 1. The Bertz CT molecular complexity index is 582. The van der Waals surface area contributed by atoms with Crippen molar-refractivity contribution in [1.82, 2.24) is 10.3 Å². The predicted molar refractivity (Wildman–Crippen MR) is 93.2 cm³/mol. The van der Waals surface area contributed by atoms with Crippen LogP contribution >= 0.6 is 22.6 Å². The number of aromatic nitrogens is 1. The standard InChI is InChI=1S/C14H19IN4O4/c15-9-5-12(18-1-3-23-4-2-18)17-13(6-9)19-7-10(11(20)8-19)16-14(21)22/h5-6,10-11,16,20H,1-4,7-8H2,(H,21,22). The normalized spacial score (nSPS) is 24.8. The van der Waals surface area contributed by atoms with Crippen molar-refractivity contribution in [3.05, 3.63) is 15.7 Å². The van der Waals surface area contributed by atoms with Gasteiger partial charge in [0.1, 0.15) is 11.6 Å². The number of nitrogens with zero attached hydrogens (tertiary/aromatic N) is 3. The zero-order chi connectivity index (χ0) is 16.4. The first kappa shape index (κ1) is 16.5. The lowest BCUT2D eigenvalue weighted by Crippen LogP contribution is -2.42. The molecule has 9 heteroatoms. The van der Waals surface area contributed by atoms with E-state index >= 15 is 0 Å². The van der Waals surface area contributed by atoms with Crippen molar-refractivity contribution < 1.29 is 19.7 Å². The van der Waals surface area contributed by atoms with Crippen molar-refractivity contribution in [2.24, 2.45) is 0 Å². The van der Waals surface area contributed by atoms with Gasteiger partial charge in [0.05, 0.1) is 25.4 Å². The number of halogens is 1. The lowest BCUT2D eigenvalue weighted by atomic mass is 10.2. The SMILES string of the molecule is O=C(O)NC1CN(c2cc(I)cc(N3CCOCC3)n2)CC1O. The van der Waals surface area contributed by atoms with Gasteiger partial charge in [-0.3, -0.25) is 0 Å². The minimum atomic E-state index is -1.12. The van der Waals surface area contributed by atoms with Crippen LogP contribution in [0.1, 0.15) is 0 Å². The zero-order valence-electron chi connectivity index (χ0n) is 12.5. The first-order valence-electron chi connectivity index (χ1n) is 7.45. The molecule has 1 aromatic heterocycles. The van der Waals surface area contributed by atoms with E-state index in [9.17, 15) is 9.90 Å². The monoisotopic (exact) mass is 434 g/mol. The van der Waals surface area contributed by atoms with E-state index in [0.29, 0.717) is 26.3 Å². The second-order valence-corrected chi connectivity index (χ2v) is 6.88. The van der Waals surface area contributed by atoms with Crippen molar-refractivity contribution in [2.75, 3.05) is 49.2 Å². The average Bonchev–Trinajstić information content (AvgIpc) is 2.88. The van der Waals surface area contributed by atoms with E-state index in [2.05, 4.69) is 32.8 Å². The van der Waals surface area contributed by atoms with Gasteiger partial charge in [-0.25, -0.2) is 9.78 Å². The Balaban J connectivity index is 1.77. The first-order chi connectivity index (χ1) is 11.0. The summed E-state index contributed by atoms with van der Waals surface area (Å²) in [5, 5.41) is 21.2. The summed E-state index contributed by atoms with van der Waals surface area (Å²) >= 11 is 2.25. The van der Waals surface area contributed by atoms with Crippen molar-refractivity contribution >= 4 is 40.3 Å². The number of anilines is 2. The van der Waals surface area contributed by atoms with Crippen molar-refractivity contribution in [1.29, 1.82) is 0 Å². The third-order valence-corrected chi connectivity index (χ3v) is 4.64. The topological polar surface area (TPSA) is 98.2 Å². The van der Waals surface area contributed by atoms with Crippen LogP contribution in [0.3, 0.4) is 0 Å². The van der Waals surface area contributed by atoms with Crippen LogP contribution in [-0.4, -0.2) is 72.8 Å². The number of carbonyl (C=O) groups is 1. The summed E-state index contributed by atoms with van der Waals surface area (Å²) in [5.74, 6) is 1.64. The minimum absolute atomic E-state index is 0.362. The fraction of sp³-hybridized carbons (Fsp3) is 0.571. The van der Waals surface area contributed by atoms with Crippen LogP contribution in [0.5, 0.6) is 0 Å². The molecule has 0 saturated carbocycles. The molecule has 0 aliphatic carbocycles. The number of amides is 1. The van der Waals surface area contributed by atoms with Gasteiger partial charge in [0, 0.05) is 29.7 Å². The van der Waals surface area contributed by atoms with Gasteiger partial charge >= 0.3 is 6.09 Å². The van der Waals surface area contributed by atoms with Gasteiger partial charge in [-0.1, -0.05) is 0 Å². The summed E-state index contributed by atoms with van der Waals surface area (Å²) in [5.41, 5.74) is 0. The summed E-state index contributed by atoms with van der Waals surface area (Å²) in [6, 6.07) is 3.47. The largest absolute Gasteiger partial charge is 0.465 e. The molecule has 3 heterocycles. The molecule has 2 aliphatic rings. The van der Waals surface area contributed by atoms with Crippen molar-refractivity contribution in [3.63, 3.8) is 0 Å². The molecular weight excluding hydrogens is 415 g/mol. The van der Waals surface area contributed by atoms with Gasteiger partial charge in [-0.05, 0) is 34.7 Å². The van der Waals surface area contributed by atoms with E-state index in [1.807, 2.05) is 17.0 Å². The van der Waals surface area contributed by atoms with E-state index in [1.54, 1.807) is 0 Å². The molecule has 23 heavy (non-hydrogen) atoms. The maximum absolute atomic E-state index is 10.8. The lowest BCUT2D eigenvalue weighted by Gasteiger charge is -2.29. The molecular formula is C14H19IN4O4. The summed E-state index contributed by atoms with van der Waals surface area (Å²) in [6.45, 7) is 3.76. The number of hydrogen-bond donors (Lipinski definition) is 3. The molecule has 126 valence electrons. The molecule has 2 unspecified atom stereocenters. The van der Waals surface area contributed by atoms with Crippen LogP contribution in [0.15, 0.2) is 12.1 Å². The molecule has 0 radical (unpaired) electrons. The third kappa shape index (κ3) is 3.96. The summed E-state index contributed by atoms with van der Waals surface area (Å²) < 4.78 is 6.42. The van der Waals surface area contributed by atoms with E-state index in [1.165, 1.54) is 0 Å². The quantitative estimate of drug-likeness (QED) is 0.591. The second kappa shape index (κ2) is 7.05. The Morgan fingerprint density at radius 1 is 1.26 bits per heavy atom. The van der Waals surface area contributed by atoms with Crippen LogP contribution in [0.4, 0.5) is 16.4 Å². The van der Waals surface area contributed by atoms with Gasteiger partial charge in [-0.2, -0.15) is 0 Å². The van der Waals surface area contributed by atoms with Crippen LogP contribution < -0.4 is 15.1 Å². The second-order valence-electron chi connectivity index (χ2n) is 5.63. The Hall–Kier alpha value is -1.33. The number of pyridine rings is 1. The molecule has 2 saturated heterocycles. The molecule has 1 amide bonds. The lowest BCUT2D eigenvalue weighted by molar-refractivity contribution is 0.122. The number of aliphatic hydroxyl groups is 1. The average molecular weight is 434 g/mol. The van der Waals surface area contributed by atoms with E-state index in [-0.39, 0.29) is 0 Å². The van der Waals surface area contributed by atoms with Crippen LogP contribution in [0, 0.1) is 3.57 Å². The highest BCUT2D eigenvalue weighted by Crippen LogP contribution is 2.25. The molecule has 1 aromatic rings. The number of carboxylic acid groups (broad SMARTS) is 1. The van der Waals surface area contributed by atoms with Crippen LogP contribution in [0.2, 0.25) is 0 Å². The fourth-order valence-corrected chi connectivity index (χ4v) is 3.42. The predicted octanol–water partition coefficient (Wildman–Crippen LogP) is 0.340. The highest BCUT2D eigenvalue weighted by Gasteiger charge is 2.33. The third-order valence-electron chi connectivity index (χ3n) is 4.02. The van der Waals surface area contributed by atoms with Crippen LogP contribution in [-0.2, 0) is 4.74 Å². The molecule has 8 nitrogen and oxygen atoms in total.